The Kier molecular flexibility index (Phi) is 9.29. The Morgan fingerprint density at radius 2 is 1.14 bits per heavy atom. The Balaban J connectivity index is 3.39. The average molecular weight is 206 g/mol. The molecule has 0 saturated heterocycles. The summed E-state index contributed by atoms with van der Waals surface area (Å²) in [5.41, 5.74) is 0. The van der Waals surface area contributed by atoms with E-state index in [9.17, 15) is 0 Å². The molecule has 0 amide bonds. The van der Waals surface area contributed by atoms with E-state index in [1.807, 2.05) is 0 Å². The SMILES string of the molecule is COCOCC(C)C(C)COCOC. The van der Waals surface area contributed by atoms with Crippen molar-refractivity contribution in [2.45, 2.75) is 13.8 Å². The predicted molar refractivity (Wildman–Crippen MR) is 54.0 cm³/mol. The summed E-state index contributed by atoms with van der Waals surface area (Å²) < 4.78 is 20.1. The van der Waals surface area contributed by atoms with Crippen LogP contribution in [0.4, 0.5) is 0 Å². The van der Waals surface area contributed by atoms with Crippen molar-refractivity contribution in [1.82, 2.24) is 0 Å². The van der Waals surface area contributed by atoms with Crippen LogP contribution in [-0.4, -0.2) is 41.0 Å². The van der Waals surface area contributed by atoms with E-state index in [-0.39, 0.29) is 0 Å². The van der Waals surface area contributed by atoms with Gasteiger partial charge in [0, 0.05) is 14.2 Å². The smallest absolute Gasteiger partial charge is 0.146 e. The van der Waals surface area contributed by atoms with Crippen molar-refractivity contribution in [2.75, 3.05) is 41.0 Å². The van der Waals surface area contributed by atoms with E-state index in [1.165, 1.54) is 0 Å². The second-order valence-corrected chi connectivity index (χ2v) is 3.51. The van der Waals surface area contributed by atoms with Gasteiger partial charge in [-0.1, -0.05) is 13.8 Å². The highest BCUT2D eigenvalue weighted by Gasteiger charge is 2.12. The van der Waals surface area contributed by atoms with Crippen LogP contribution in [0.5, 0.6) is 0 Å². The molecule has 0 saturated carbocycles. The third kappa shape index (κ3) is 7.26. The van der Waals surface area contributed by atoms with Crippen LogP contribution in [0.1, 0.15) is 13.8 Å². The molecule has 0 aliphatic carbocycles. The minimum atomic E-state index is 0.357. The van der Waals surface area contributed by atoms with E-state index in [0.717, 1.165) is 0 Å². The molecule has 0 heterocycles. The van der Waals surface area contributed by atoms with Gasteiger partial charge in [0.25, 0.3) is 0 Å². The lowest BCUT2D eigenvalue weighted by Gasteiger charge is -2.19. The van der Waals surface area contributed by atoms with Gasteiger partial charge in [-0.15, -0.1) is 0 Å². The second-order valence-electron chi connectivity index (χ2n) is 3.51. The van der Waals surface area contributed by atoms with Crippen LogP contribution in [0.3, 0.4) is 0 Å². The molecule has 0 aliphatic rings. The lowest BCUT2D eigenvalue weighted by molar-refractivity contribution is -0.0691. The molecule has 0 aliphatic heterocycles. The van der Waals surface area contributed by atoms with Gasteiger partial charge in [-0.2, -0.15) is 0 Å². The molecule has 0 N–H and O–H groups in total. The molecule has 4 heteroatoms. The summed E-state index contributed by atoms with van der Waals surface area (Å²) in [6.07, 6.45) is 0. The Morgan fingerprint density at radius 3 is 1.43 bits per heavy atom. The van der Waals surface area contributed by atoms with Crippen LogP contribution in [0.15, 0.2) is 0 Å². The fraction of sp³-hybridized carbons (Fsp3) is 1.00. The van der Waals surface area contributed by atoms with Crippen LogP contribution in [0, 0.1) is 11.8 Å². The zero-order valence-corrected chi connectivity index (χ0v) is 9.62. The first kappa shape index (κ1) is 13.8. The molecule has 0 fully saturated rings. The monoisotopic (exact) mass is 206 g/mol. The maximum Gasteiger partial charge on any atom is 0.146 e. The highest BCUT2D eigenvalue weighted by atomic mass is 16.7. The Morgan fingerprint density at radius 1 is 0.786 bits per heavy atom. The minimum Gasteiger partial charge on any atom is -0.359 e. The van der Waals surface area contributed by atoms with Gasteiger partial charge in [0.05, 0.1) is 13.2 Å². The van der Waals surface area contributed by atoms with Crippen molar-refractivity contribution in [1.29, 1.82) is 0 Å². The molecule has 2 unspecified atom stereocenters. The first-order chi connectivity index (χ1) is 6.72. The highest BCUT2D eigenvalue weighted by molar-refractivity contribution is 4.59. The molecule has 0 radical (unpaired) electrons. The molecule has 0 bridgehead atoms. The molecule has 14 heavy (non-hydrogen) atoms. The Hall–Kier alpha value is -0.160. The van der Waals surface area contributed by atoms with E-state index in [0.29, 0.717) is 38.6 Å². The second kappa shape index (κ2) is 9.40. The van der Waals surface area contributed by atoms with Crippen LogP contribution in [0.2, 0.25) is 0 Å². The summed E-state index contributed by atoms with van der Waals surface area (Å²) in [7, 11) is 3.24. The molecule has 0 spiro atoms. The number of hydrogen-bond acceptors (Lipinski definition) is 4. The quantitative estimate of drug-likeness (QED) is 0.423. The van der Waals surface area contributed by atoms with Crippen molar-refractivity contribution in [3.8, 4) is 0 Å². The Labute approximate surface area is 86.5 Å². The number of methoxy groups -OCH3 is 2. The first-order valence-corrected chi connectivity index (χ1v) is 4.85. The molecule has 2 atom stereocenters. The van der Waals surface area contributed by atoms with Gasteiger partial charge in [-0.05, 0) is 11.8 Å². The number of hydrogen-bond donors (Lipinski definition) is 0. The predicted octanol–water partition coefficient (Wildman–Crippen LogP) is 1.50. The maximum atomic E-state index is 5.26. The van der Waals surface area contributed by atoms with Gasteiger partial charge >= 0.3 is 0 Å². The zero-order chi connectivity index (χ0) is 10.8. The molecule has 0 aromatic rings. The summed E-state index contributed by atoms with van der Waals surface area (Å²) >= 11 is 0. The topological polar surface area (TPSA) is 36.9 Å². The zero-order valence-electron chi connectivity index (χ0n) is 9.62. The summed E-state index contributed by atoms with van der Waals surface area (Å²) in [5.74, 6) is 0.920. The molecular weight excluding hydrogens is 184 g/mol. The molecule has 0 aromatic carbocycles. The van der Waals surface area contributed by atoms with Crippen molar-refractivity contribution in [2.24, 2.45) is 11.8 Å². The van der Waals surface area contributed by atoms with Crippen molar-refractivity contribution in [3.05, 3.63) is 0 Å². The normalized spacial score (nSPS) is 15.4. The summed E-state index contributed by atoms with van der Waals surface area (Å²) in [5, 5.41) is 0. The fourth-order valence-electron chi connectivity index (χ4n) is 0.963. The summed E-state index contributed by atoms with van der Waals surface area (Å²) in [4.78, 5) is 0. The lowest BCUT2D eigenvalue weighted by Crippen LogP contribution is -2.20. The van der Waals surface area contributed by atoms with Crippen molar-refractivity contribution in [3.63, 3.8) is 0 Å². The van der Waals surface area contributed by atoms with E-state index in [1.54, 1.807) is 14.2 Å². The Bertz CT molecular complexity index is 105. The van der Waals surface area contributed by atoms with Crippen molar-refractivity contribution >= 4 is 0 Å². The van der Waals surface area contributed by atoms with Crippen LogP contribution in [-0.2, 0) is 18.9 Å². The van der Waals surface area contributed by atoms with Gasteiger partial charge in [0.2, 0.25) is 0 Å². The van der Waals surface area contributed by atoms with Crippen LogP contribution >= 0.6 is 0 Å². The maximum absolute atomic E-state index is 5.26. The third-order valence-corrected chi connectivity index (χ3v) is 2.14. The fourth-order valence-corrected chi connectivity index (χ4v) is 0.963. The van der Waals surface area contributed by atoms with Crippen LogP contribution < -0.4 is 0 Å². The van der Waals surface area contributed by atoms with E-state index in [2.05, 4.69) is 13.8 Å². The number of ether oxygens (including phenoxy) is 4. The summed E-state index contributed by atoms with van der Waals surface area (Å²) in [6, 6.07) is 0. The van der Waals surface area contributed by atoms with E-state index in [4.69, 9.17) is 18.9 Å². The van der Waals surface area contributed by atoms with Gasteiger partial charge in [-0.3, -0.25) is 0 Å². The van der Waals surface area contributed by atoms with Gasteiger partial charge in [-0.25, -0.2) is 0 Å². The molecule has 86 valence electrons. The first-order valence-electron chi connectivity index (χ1n) is 4.85. The van der Waals surface area contributed by atoms with Crippen LogP contribution in [0.25, 0.3) is 0 Å². The third-order valence-electron chi connectivity index (χ3n) is 2.14. The minimum absolute atomic E-state index is 0.357. The standard InChI is InChI=1S/C10H22O4/c1-9(5-13-7-11-3)10(2)6-14-8-12-4/h9-10H,5-8H2,1-4H3. The van der Waals surface area contributed by atoms with E-state index >= 15 is 0 Å². The average Bonchev–Trinajstić information content (AvgIpc) is 2.18. The summed E-state index contributed by atoms with van der Waals surface area (Å²) in [6.45, 7) is 6.38. The van der Waals surface area contributed by atoms with E-state index < -0.39 is 0 Å². The molecular formula is C10H22O4. The van der Waals surface area contributed by atoms with Gasteiger partial charge in [0.1, 0.15) is 13.6 Å². The van der Waals surface area contributed by atoms with Gasteiger partial charge < -0.3 is 18.9 Å². The largest absolute Gasteiger partial charge is 0.359 e. The van der Waals surface area contributed by atoms with Gasteiger partial charge in [0.15, 0.2) is 0 Å². The molecule has 4 nitrogen and oxygen atoms in total. The highest BCUT2D eigenvalue weighted by Crippen LogP contribution is 2.11. The molecule has 0 aromatic heterocycles. The van der Waals surface area contributed by atoms with Crippen molar-refractivity contribution < 1.29 is 18.9 Å². The lowest BCUT2D eigenvalue weighted by atomic mass is 9.98. The molecule has 0 rings (SSSR count). The number of rotatable bonds is 9.